The number of Topliss-reactive ketones (excluding diaryl/α,β-unsaturated/α-hetero) is 1. The van der Waals surface area contributed by atoms with Crippen LogP contribution in [0.4, 0.5) is 8.78 Å². The van der Waals surface area contributed by atoms with Gasteiger partial charge < -0.3 is 15.5 Å². The molecule has 3 aliphatic rings. The second-order valence-corrected chi connectivity index (χ2v) is 10.3. The highest BCUT2D eigenvalue weighted by molar-refractivity contribution is 5.98. The number of hydrogen-bond donors (Lipinski definition) is 2. The minimum Gasteiger partial charge on any atom is -0.342 e. The van der Waals surface area contributed by atoms with Crippen LogP contribution < -0.4 is 10.6 Å². The van der Waals surface area contributed by atoms with E-state index in [9.17, 15) is 18.8 Å². The second kappa shape index (κ2) is 11.6. The molecule has 0 spiro atoms. The molecule has 1 aromatic rings. The van der Waals surface area contributed by atoms with Gasteiger partial charge in [0.1, 0.15) is 17.2 Å². The van der Waals surface area contributed by atoms with Crippen molar-refractivity contribution >= 4 is 17.6 Å². The minimum atomic E-state index is -0.938. The topological polar surface area (TPSA) is 78.5 Å². The number of carbonyl (C=O) groups excluding carboxylic acids is 3. The van der Waals surface area contributed by atoms with E-state index in [1.54, 1.807) is 11.8 Å². The molecule has 0 bridgehead atoms. The predicted molar refractivity (Wildman–Crippen MR) is 133 cm³/mol. The zero-order valence-electron chi connectivity index (χ0n) is 20.6. The third-order valence-electron chi connectivity index (χ3n) is 7.78. The molecule has 1 unspecified atom stereocenters. The molecule has 2 N–H and O–H groups in total. The number of ketones is 1. The van der Waals surface area contributed by atoms with Crippen molar-refractivity contribution in [3.8, 4) is 0 Å². The molecule has 1 saturated heterocycles. The van der Waals surface area contributed by atoms with Gasteiger partial charge in [-0.2, -0.15) is 0 Å². The van der Waals surface area contributed by atoms with Crippen molar-refractivity contribution in [3.05, 3.63) is 34.9 Å². The first kappa shape index (κ1) is 25.7. The molecule has 2 aliphatic carbocycles. The monoisotopic (exact) mass is 493 g/mol. The molecule has 8 heteroatoms. The van der Waals surface area contributed by atoms with Gasteiger partial charge >= 0.3 is 0 Å². The lowest BCUT2D eigenvalue weighted by molar-refractivity contribution is -0.131. The summed E-state index contributed by atoms with van der Waals surface area (Å²) in [5.41, 5.74) is -0.383. The van der Waals surface area contributed by atoms with E-state index in [0.717, 1.165) is 51.0 Å². The summed E-state index contributed by atoms with van der Waals surface area (Å²) in [5, 5.41) is 5.90. The molecule has 4 rings (SSSR count). The highest BCUT2D eigenvalue weighted by Crippen LogP contribution is 2.32. The quantitative estimate of drug-likeness (QED) is 0.528. The van der Waals surface area contributed by atoms with Crippen LogP contribution in [0.2, 0.25) is 0 Å². The number of carbonyl (C=O) groups is 3. The number of amides is 2. The molecule has 1 aromatic carbocycles. The summed E-state index contributed by atoms with van der Waals surface area (Å²) in [4.78, 5) is 40.0. The maximum Gasteiger partial charge on any atom is 0.257 e. The smallest absolute Gasteiger partial charge is 0.257 e. The van der Waals surface area contributed by atoms with Crippen molar-refractivity contribution in [1.82, 2.24) is 15.5 Å². The average molecular weight is 494 g/mol. The van der Waals surface area contributed by atoms with Crippen molar-refractivity contribution in [2.75, 3.05) is 19.6 Å². The fourth-order valence-electron chi connectivity index (χ4n) is 5.54. The summed E-state index contributed by atoms with van der Waals surface area (Å²) in [6.07, 6.45) is 8.52. The number of nitrogens with zero attached hydrogens (tertiary/aromatic N) is 1. The highest BCUT2D eigenvalue weighted by atomic mass is 19.1. The summed E-state index contributed by atoms with van der Waals surface area (Å²) in [6, 6.07) is 2.21. The van der Waals surface area contributed by atoms with Gasteiger partial charge in [-0.25, -0.2) is 8.78 Å². The standard InChI is InChI=1S/C27H37F2N3O3.2H2/c1-2-22(33)26(17-7-4-3-5-8-17)31-27(35)24-21(28)13-12-20(25(24)29)18-9-6-14-32(16-18)23(34)15-30-19-10-11-19;;/h12-13,17-19,26,30H,2-11,14-16H2,1H3,(H,31,35);2*1H/t18?,26-;;/m1../s1. The van der Waals surface area contributed by atoms with Crippen molar-refractivity contribution in [2.24, 2.45) is 5.92 Å². The van der Waals surface area contributed by atoms with Gasteiger partial charge in [-0.3, -0.25) is 14.4 Å². The number of rotatable bonds is 9. The lowest BCUT2D eigenvalue weighted by Gasteiger charge is -2.33. The van der Waals surface area contributed by atoms with E-state index in [1.165, 1.54) is 6.07 Å². The number of piperidine rings is 1. The van der Waals surface area contributed by atoms with Crippen LogP contribution >= 0.6 is 0 Å². The summed E-state index contributed by atoms with van der Waals surface area (Å²) in [5.74, 6) is -3.14. The summed E-state index contributed by atoms with van der Waals surface area (Å²) in [7, 11) is 0. The Bertz CT molecular complexity index is 955. The first-order valence-electron chi connectivity index (χ1n) is 13.2. The van der Waals surface area contributed by atoms with Crippen LogP contribution in [0.3, 0.4) is 0 Å². The zero-order valence-corrected chi connectivity index (χ0v) is 20.6. The van der Waals surface area contributed by atoms with Crippen LogP contribution in [0, 0.1) is 17.6 Å². The molecular formula is C27H41F2N3O3. The van der Waals surface area contributed by atoms with Gasteiger partial charge in [0.2, 0.25) is 5.91 Å². The first-order valence-corrected chi connectivity index (χ1v) is 13.2. The van der Waals surface area contributed by atoms with Gasteiger partial charge in [0.05, 0.1) is 12.6 Å². The van der Waals surface area contributed by atoms with E-state index in [2.05, 4.69) is 10.6 Å². The molecule has 2 amide bonds. The van der Waals surface area contributed by atoms with Crippen LogP contribution in [0.1, 0.15) is 95.8 Å². The van der Waals surface area contributed by atoms with Crippen LogP contribution in [0.5, 0.6) is 0 Å². The highest BCUT2D eigenvalue weighted by Gasteiger charge is 2.34. The second-order valence-electron chi connectivity index (χ2n) is 10.3. The summed E-state index contributed by atoms with van der Waals surface area (Å²) < 4.78 is 30.4. The maximum atomic E-state index is 15.6. The van der Waals surface area contributed by atoms with Gasteiger partial charge in [-0.15, -0.1) is 0 Å². The van der Waals surface area contributed by atoms with E-state index < -0.39 is 29.1 Å². The Labute approximate surface area is 209 Å². The fourth-order valence-corrected chi connectivity index (χ4v) is 5.54. The van der Waals surface area contributed by atoms with Crippen molar-refractivity contribution in [2.45, 2.75) is 89.1 Å². The lowest BCUT2D eigenvalue weighted by atomic mass is 9.81. The number of benzene rings is 1. The van der Waals surface area contributed by atoms with Gasteiger partial charge in [0, 0.05) is 34.3 Å². The molecule has 1 heterocycles. The van der Waals surface area contributed by atoms with Crippen LogP contribution in [-0.4, -0.2) is 54.2 Å². The van der Waals surface area contributed by atoms with Crippen LogP contribution in [-0.2, 0) is 9.59 Å². The molecule has 35 heavy (non-hydrogen) atoms. The van der Waals surface area contributed by atoms with Gasteiger partial charge in [0.15, 0.2) is 5.78 Å². The molecule has 1 aliphatic heterocycles. The van der Waals surface area contributed by atoms with Crippen molar-refractivity contribution < 1.29 is 26.0 Å². The first-order chi connectivity index (χ1) is 16.9. The maximum absolute atomic E-state index is 15.6. The Morgan fingerprint density at radius 3 is 2.49 bits per heavy atom. The van der Waals surface area contributed by atoms with Crippen LogP contribution in [0.25, 0.3) is 0 Å². The van der Waals surface area contributed by atoms with E-state index >= 15 is 4.39 Å². The number of likely N-dealkylation sites (tertiary alicyclic amines) is 1. The Hall–Kier alpha value is -2.35. The Kier molecular flexibility index (Phi) is 8.52. The fraction of sp³-hybridized carbons (Fsp3) is 0.667. The normalized spacial score (nSPS) is 22.0. The average Bonchev–Trinajstić information content (AvgIpc) is 3.70. The molecule has 6 nitrogen and oxygen atoms in total. The van der Waals surface area contributed by atoms with E-state index in [4.69, 9.17) is 0 Å². The van der Waals surface area contributed by atoms with Crippen LogP contribution in [0.15, 0.2) is 12.1 Å². The van der Waals surface area contributed by atoms with E-state index in [1.807, 2.05) is 0 Å². The molecule has 3 fully saturated rings. The molecule has 0 aromatic heterocycles. The number of nitrogens with one attached hydrogen (secondary N) is 2. The molecule has 0 radical (unpaired) electrons. The molecule has 2 atom stereocenters. The number of halogens is 2. The largest absolute Gasteiger partial charge is 0.342 e. The molecular weight excluding hydrogens is 452 g/mol. The zero-order chi connectivity index (χ0) is 24.9. The van der Waals surface area contributed by atoms with E-state index in [0.29, 0.717) is 32.0 Å². The van der Waals surface area contributed by atoms with Gasteiger partial charge in [-0.05, 0) is 56.1 Å². The summed E-state index contributed by atoms with van der Waals surface area (Å²) >= 11 is 0. The molecule has 196 valence electrons. The Balaban J connectivity index is 0.00000241. The van der Waals surface area contributed by atoms with Gasteiger partial charge in [-0.1, -0.05) is 32.3 Å². The van der Waals surface area contributed by atoms with E-state index in [-0.39, 0.29) is 44.9 Å². The summed E-state index contributed by atoms with van der Waals surface area (Å²) in [6.45, 7) is 2.96. The third-order valence-corrected chi connectivity index (χ3v) is 7.78. The minimum absolute atomic E-state index is 0. The third kappa shape index (κ3) is 6.26. The lowest BCUT2D eigenvalue weighted by Crippen LogP contribution is -2.47. The van der Waals surface area contributed by atoms with Crippen molar-refractivity contribution in [3.63, 3.8) is 0 Å². The Morgan fingerprint density at radius 1 is 1.06 bits per heavy atom. The molecule has 2 saturated carbocycles. The Morgan fingerprint density at radius 2 is 1.80 bits per heavy atom. The predicted octanol–water partition coefficient (Wildman–Crippen LogP) is 4.57. The van der Waals surface area contributed by atoms with Gasteiger partial charge in [0.25, 0.3) is 5.91 Å². The number of hydrogen-bond acceptors (Lipinski definition) is 4. The SMILES string of the molecule is CCC(=O)[C@H](NC(=O)c1c(F)ccc(C2CCCN(C(=O)CNC3CC3)C2)c1F)C1CCCCC1.[HH].[HH]. The van der Waals surface area contributed by atoms with Crippen molar-refractivity contribution in [1.29, 1.82) is 0 Å².